The highest BCUT2D eigenvalue weighted by Gasteiger charge is 2.11. The highest BCUT2D eigenvalue weighted by Crippen LogP contribution is 2.15. The van der Waals surface area contributed by atoms with Gasteiger partial charge in [0, 0.05) is 24.9 Å². The van der Waals surface area contributed by atoms with E-state index in [1.165, 1.54) is 0 Å². The molecule has 0 atom stereocenters. The van der Waals surface area contributed by atoms with Crippen molar-refractivity contribution in [1.29, 1.82) is 0 Å². The fourth-order valence-corrected chi connectivity index (χ4v) is 1.98. The highest BCUT2D eigenvalue weighted by molar-refractivity contribution is 5.20. The Morgan fingerprint density at radius 2 is 2.11 bits per heavy atom. The van der Waals surface area contributed by atoms with E-state index < -0.39 is 0 Å². The molecule has 0 saturated heterocycles. The molecule has 2 aromatic rings. The predicted molar refractivity (Wildman–Crippen MR) is 69.2 cm³/mol. The van der Waals surface area contributed by atoms with Crippen LogP contribution in [0, 0.1) is 6.92 Å². The van der Waals surface area contributed by atoms with Crippen molar-refractivity contribution >= 4 is 0 Å². The normalized spacial score (nSPS) is 11.1. The molecule has 0 aliphatic carbocycles. The molecule has 5 nitrogen and oxygen atoms in total. The van der Waals surface area contributed by atoms with Gasteiger partial charge in [0.25, 0.3) is 0 Å². The molecular formula is C13H20N4O. The Morgan fingerprint density at radius 1 is 1.33 bits per heavy atom. The lowest BCUT2D eigenvalue weighted by molar-refractivity contribution is 0.451. The first-order chi connectivity index (χ1) is 8.67. The summed E-state index contributed by atoms with van der Waals surface area (Å²) in [5, 5.41) is 4.47. The Hall–Kier alpha value is -1.62. The summed E-state index contributed by atoms with van der Waals surface area (Å²) in [6.07, 6.45) is 1.72. The van der Waals surface area contributed by atoms with Crippen molar-refractivity contribution in [3.8, 4) is 0 Å². The molecule has 0 amide bonds. The van der Waals surface area contributed by atoms with E-state index in [-0.39, 0.29) is 0 Å². The minimum Gasteiger partial charge on any atom is -0.464 e. The van der Waals surface area contributed by atoms with Crippen LogP contribution in [0.5, 0.6) is 0 Å². The zero-order valence-corrected chi connectivity index (χ0v) is 11.2. The summed E-state index contributed by atoms with van der Waals surface area (Å²) in [6, 6.07) is 2.00. The van der Waals surface area contributed by atoms with Crippen molar-refractivity contribution in [3.05, 3.63) is 34.8 Å². The lowest BCUT2D eigenvalue weighted by atomic mass is 10.2. The summed E-state index contributed by atoms with van der Waals surface area (Å²) in [7, 11) is 0. The minimum absolute atomic E-state index is 0.507. The van der Waals surface area contributed by atoms with E-state index in [9.17, 15) is 0 Å². The van der Waals surface area contributed by atoms with Gasteiger partial charge in [0.2, 0.25) is 0 Å². The van der Waals surface area contributed by atoms with Gasteiger partial charge in [-0.2, -0.15) is 5.10 Å². The molecule has 0 fully saturated rings. The second-order valence-corrected chi connectivity index (χ2v) is 4.31. The van der Waals surface area contributed by atoms with E-state index >= 15 is 0 Å². The van der Waals surface area contributed by atoms with Crippen molar-refractivity contribution in [2.45, 2.75) is 46.7 Å². The van der Waals surface area contributed by atoms with E-state index in [4.69, 9.17) is 10.2 Å². The molecule has 98 valence electrons. The van der Waals surface area contributed by atoms with Gasteiger partial charge in [-0.25, -0.2) is 9.67 Å². The molecular weight excluding hydrogens is 228 g/mol. The summed E-state index contributed by atoms with van der Waals surface area (Å²) in [5.74, 6) is 3.65. The van der Waals surface area contributed by atoms with Crippen LogP contribution in [-0.2, 0) is 25.9 Å². The third kappa shape index (κ3) is 2.46. The van der Waals surface area contributed by atoms with Crippen LogP contribution in [0.2, 0.25) is 0 Å². The van der Waals surface area contributed by atoms with Crippen LogP contribution < -0.4 is 5.73 Å². The summed E-state index contributed by atoms with van der Waals surface area (Å²) in [4.78, 5) is 4.48. The van der Waals surface area contributed by atoms with Gasteiger partial charge in [0.15, 0.2) is 5.82 Å². The van der Waals surface area contributed by atoms with E-state index in [2.05, 4.69) is 23.9 Å². The number of nitrogens with two attached hydrogens (primary N) is 1. The number of hydrogen-bond acceptors (Lipinski definition) is 4. The van der Waals surface area contributed by atoms with Crippen molar-refractivity contribution < 1.29 is 4.42 Å². The van der Waals surface area contributed by atoms with Crippen LogP contribution in [-0.4, -0.2) is 14.8 Å². The third-order valence-corrected chi connectivity index (χ3v) is 3.02. The van der Waals surface area contributed by atoms with E-state index in [1.54, 1.807) is 0 Å². The molecule has 0 aromatic carbocycles. The molecule has 0 radical (unpaired) electrons. The largest absolute Gasteiger partial charge is 0.464 e. The molecule has 2 heterocycles. The Bertz CT molecular complexity index is 527. The van der Waals surface area contributed by atoms with Crippen molar-refractivity contribution in [3.63, 3.8) is 0 Å². The Labute approximate surface area is 107 Å². The number of rotatable bonds is 5. The third-order valence-electron chi connectivity index (χ3n) is 3.02. The lowest BCUT2D eigenvalue weighted by Crippen LogP contribution is -2.05. The molecule has 2 aromatic heterocycles. The zero-order chi connectivity index (χ0) is 13.1. The SMILES string of the molecule is CCc1nc(CC)n(Cc2cc(CN)c(C)o2)n1. The average molecular weight is 248 g/mol. The summed E-state index contributed by atoms with van der Waals surface area (Å²) < 4.78 is 7.60. The van der Waals surface area contributed by atoms with E-state index in [1.807, 2.05) is 17.7 Å². The first-order valence-electron chi connectivity index (χ1n) is 6.38. The number of nitrogens with zero attached hydrogens (tertiary/aromatic N) is 3. The predicted octanol–water partition coefficient (Wildman–Crippen LogP) is 1.81. The lowest BCUT2D eigenvalue weighted by Gasteiger charge is -2.01. The highest BCUT2D eigenvalue weighted by atomic mass is 16.3. The number of furan rings is 1. The molecule has 2 N–H and O–H groups in total. The standard InChI is InChI=1S/C13H20N4O/c1-4-12-15-13(5-2)17(16-12)8-11-6-10(7-14)9(3)18-11/h6H,4-5,7-8,14H2,1-3H3. The maximum atomic E-state index is 5.68. The summed E-state index contributed by atoms with van der Waals surface area (Å²) in [6.45, 7) is 7.21. The van der Waals surface area contributed by atoms with Gasteiger partial charge in [-0.05, 0) is 13.0 Å². The van der Waals surface area contributed by atoms with Crippen molar-refractivity contribution in [1.82, 2.24) is 14.8 Å². The van der Waals surface area contributed by atoms with Gasteiger partial charge in [-0.1, -0.05) is 13.8 Å². The molecule has 0 unspecified atom stereocenters. The summed E-state index contributed by atoms with van der Waals surface area (Å²) >= 11 is 0. The van der Waals surface area contributed by atoms with Crippen LogP contribution in [0.15, 0.2) is 10.5 Å². The van der Waals surface area contributed by atoms with Gasteiger partial charge in [-0.3, -0.25) is 0 Å². The zero-order valence-electron chi connectivity index (χ0n) is 11.2. The molecule has 18 heavy (non-hydrogen) atoms. The van der Waals surface area contributed by atoms with Crippen molar-refractivity contribution in [2.24, 2.45) is 5.73 Å². The Morgan fingerprint density at radius 3 is 2.67 bits per heavy atom. The molecule has 0 spiro atoms. The van der Waals surface area contributed by atoms with Crippen LogP contribution in [0.1, 0.15) is 42.6 Å². The molecule has 0 aliphatic rings. The topological polar surface area (TPSA) is 69.9 Å². The maximum Gasteiger partial charge on any atom is 0.150 e. The number of hydrogen-bond donors (Lipinski definition) is 1. The second kappa shape index (κ2) is 5.35. The molecule has 0 aliphatic heterocycles. The van der Waals surface area contributed by atoms with E-state index in [0.29, 0.717) is 13.1 Å². The Balaban J connectivity index is 2.24. The van der Waals surface area contributed by atoms with Crippen LogP contribution in [0.3, 0.4) is 0 Å². The first-order valence-corrected chi connectivity index (χ1v) is 6.38. The summed E-state index contributed by atoms with van der Waals surface area (Å²) in [5.41, 5.74) is 6.70. The van der Waals surface area contributed by atoms with Gasteiger partial charge in [-0.15, -0.1) is 0 Å². The van der Waals surface area contributed by atoms with Crippen LogP contribution >= 0.6 is 0 Å². The monoisotopic (exact) mass is 248 g/mol. The van der Waals surface area contributed by atoms with Gasteiger partial charge in [0.1, 0.15) is 23.9 Å². The van der Waals surface area contributed by atoms with Crippen LogP contribution in [0.25, 0.3) is 0 Å². The smallest absolute Gasteiger partial charge is 0.150 e. The fourth-order valence-electron chi connectivity index (χ4n) is 1.98. The van der Waals surface area contributed by atoms with E-state index in [0.717, 1.165) is 41.6 Å². The fraction of sp³-hybridized carbons (Fsp3) is 0.538. The van der Waals surface area contributed by atoms with Gasteiger partial charge < -0.3 is 10.2 Å². The maximum absolute atomic E-state index is 5.68. The second-order valence-electron chi connectivity index (χ2n) is 4.31. The molecule has 5 heteroatoms. The number of aromatic nitrogens is 3. The first kappa shape index (κ1) is 12.8. The molecule has 2 rings (SSSR count). The van der Waals surface area contributed by atoms with Crippen molar-refractivity contribution in [2.75, 3.05) is 0 Å². The van der Waals surface area contributed by atoms with Gasteiger partial charge in [0.05, 0.1) is 0 Å². The van der Waals surface area contributed by atoms with Gasteiger partial charge >= 0.3 is 0 Å². The molecule has 0 saturated carbocycles. The Kier molecular flexibility index (Phi) is 3.81. The quantitative estimate of drug-likeness (QED) is 0.876. The minimum atomic E-state index is 0.507. The number of aryl methyl sites for hydroxylation is 3. The molecule has 0 bridgehead atoms. The van der Waals surface area contributed by atoms with Crippen LogP contribution in [0.4, 0.5) is 0 Å². The average Bonchev–Trinajstić information content (AvgIpc) is 2.92.